The Morgan fingerprint density at radius 1 is 1.28 bits per heavy atom. The van der Waals surface area contributed by atoms with Gasteiger partial charge < -0.3 is 14.7 Å². The van der Waals surface area contributed by atoms with Gasteiger partial charge in [0.15, 0.2) is 5.69 Å². The molecule has 1 N–H and O–H groups in total. The molecule has 3 rings (SSSR count). The fourth-order valence-electron chi connectivity index (χ4n) is 2.51. The fourth-order valence-corrected chi connectivity index (χ4v) is 2.51. The van der Waals surface area contributed by atoms with Crippen molar-refractivity contribution in [2.45, 2.75) is 13.1 Å². The Labute approximate surface area is 140 Å². The second-order valence-corrected chi connectivity index (χ2v) is 5.76. The highest BCUT2D eigenvalue weighted by Gasteiger charge is 2.38. The number of para-hydroxylation sites is 1. The maximum atomic E-state index is 12.9. The number of rotatable bonds is 3. The van der Waals surface area contributed by atoms with Gasteiger partial charge in [0.1, 0.15) is 5.76 Å². The van der Waals surface area contributed by atoms with E-state index in [0.717, 1.165) is 6.07 Å². The average Bonchev–Trinajstić information content (AvgIpc) is 2.91. The molecule has 0 radical (unpaired) electrons. The summed E-state index contributed by atoms with van der Waals surface area (Å²) in [5.74, 6) is -1.02. The zero-order valence-corrected chi connectivity index (χ0v) is 13.1. The van der Waals surface area contributed by atoms with Gasteiger partial charge in [-0.2, -0.15) is 13.2 Å². The summed E-state index contributed by atoms with van der Waals surface area (Å²) in [5, 5.41) is 5.89. The molecule has 2 aromatic rings. The van der Waals surface area contributed by atoms with Crippen molar-refractivity contribution in [2.24, 2.45) is 5.92 Å². The van der Waals surface area contributed by atoms with Crippen LogP contribution in [0.15, 0.2) is 34.9 Å². The molecule has 9 heteroatoms. The highest BCUT2D eigenvalue weighted by Crippen LogP contribution is 2.35. The second kappa shape index (κ2) is 6.23. The number of alkyl halides is 3. The van der Waals surface area contributed by atoms with Crippen LogP contribution >= 0.6 is 0 Å². The summed E-state index contributed by atoms with van der Waals surface area (Å²) >= 11 is 0. The van der Waals surface area contributed by atoms with E-state index in [9.17, 15) is 22.8 Å². The van der Waals surface area contributed by atoms with E-state index >= 15 is 0 Å². The average molecular weight is 353 g/mol. The SMILES string of the molecule is Cc1cc(C(=O)N2CC(C(=O)Nc3ccccc3C(F)(F)F)C2)no1. The molecule has 0 unspecified atom stereocenters. The molecular formula is C16H14F3N3O3. The number of nitrogens with one attached hydrogen (secondary N) is 1. The Morgan fingerprint density at radius 3 is 2.56 bits per heavy atom. The number of aromatic nitrogens is 1. The lowest BCUT2D eigenvalue weighted by atomic mass is 9.98. The standard InChI is InChI=1S/C16H14F3N3O3/c1-9-6-13(21-25-9)15(24)22-7-10(8-22)14(23)20-12-5-3-2-4-11(12)16(17,18)19/h2-6,10H,7-8H2,1H3,(H,20,23). The maximum absolute atomic E-state index is 12.9. The van der Waals surface area contributed by atoms with E-state index in [-0.39, 0.29) is 30.4 Å². The van der Waals surface area contributed by atoms with Crippen LogP contribution in [0.4, 0.5) is 18.9 Å². The molecule has 0 saturated carbocycles. The number of anilines is 1. The lowest BCUT2D eigenvalue weighted by Crippen LogP contribution is -2.54. The van der Waals surface area contributed by atoms with Crippen molar-refractivity contribution in [1.29, 1.82) is 0 Å². The summed E-state index contributed by atoms with van der Waals surface area (Å²) in [4.78, 5) is 25.6. The molecule has 0 spiro atoms. The number of halogens is 3. The van der Waals surface area contributed by atoms with Gasteiger partial charge >= 0.3 is 6.18 Å². The summed E-state index contributed by atoms with van der Waals surface area (Å²) in [6.07, 6.45) is -4.56. The third-order valence-corrected chi connectivity index (χ3v) is 3.88. The lowest BCUT2D eigenvalue weighted by molar-refractivity contribution is -0.137. The van der Waals surface area contributed by atoms with E-state index in [1.54, 1.807) is 6.92 Å². The molecule has 2 amide bonds. The van der Waals surface area contributed by atoms with Crippen molar-refractivity contribution < 1.29 is 27.3 Å². The monoisotopic (exact) mass is 353 g/mol. The molecule has 0 aliphatic carbocycles. The predicted octanol–water partition coefficient (Wildman–Crippen LogP) is 2.71. The summed E-state index contributed by atoms with van der Waals surface area (Å²) in [6, 6.07) is 6.24. The van der Waals surface area contributed by atoms with Crippen LogP contribution in [0.25, 0.3) is 0 Å². The molecule has 1 aliphatic rings. The van der Waals surface area contributed by atoms with Crippen molar-refractivity contribution in [3.05, 3.63) is 47.3 Å². The minimum Gasteiger partial charge on any atom is -0.361 e. The van der Waals surface area contributed by atoms with Gasteiger partial charge in [0.05, 0.1) is 17.2 Å². The van der Waals surface area contributed by atoms with Crippen LogP contribution in [0.3, 0.4) is 0 Å². The Hall–Kier alpha value is -2.84. The van der Waals surface area contributed by atoms with Crippen LogP contribution in [0.2, 0.25) is 0 Å². The van der Waals surface area contributed by atoms with E-state index in [1.807, 2.05) is 0 Å². The van der Waals surface area contributed by atoms with Crippen molar-refractivity contribution in [3.8, 4) is 0 Å². The van der Waals surface area contributed by atoms with Crippen molar-refractivity contribution in [2.75, 3.05) is 18.4 Å². The molecule has 1 saturated heterocycles. The number of aryl methyl sites for hydroxylation is 1. The van der Waals surface area contributed by atoms with Crippen LogP contribution in [0, 0.1) is 12.8 Å². The Kier molecular flexibility index (Phi) is 4.23. The number of benzene rings is 1. The van der Waals surface area contributed by atoms with Gasteiger partial charge in [-0.3, -0.25) is 9.59 Å². The van der Waals surface area contributed by atoms with Crippen LogP contribution in [-0.4, -0.2) is 35.0 Å². The first-order valence-corrected chi connectivity index (χ1v) is 7.45. The molecular weight excluding hydrogens is 339 g/mol. The summed E-state index contributed by atoms with van der Waals surface area (Å²) < 4.78 is 43.6. The minimum atomic E-state index is -4.56. The molecule has 1 aliphatic heterocycles. The zero-order valence-electron chi connectivity index (χ0n) is 13.1. The molecule has 6 nitrogen and oxygen atoms in total. The molecule has 1 fully saturated rings. The van der Waals surface area contributed by atoms with E-state index in [1.165, 1.54) is 29.2 Å². The Bertz CT molecular complexity index is 810. The van der Waals surface area contributed by atoms with Gasteiger partial charge in [-0.1, -0.05) is 17.3 Å². The summed E-state index contributed by atoms with van der Waals surface area (Å²) in [7, 11) is 0. The number of carbonyl (C=O) groups is 2. The van der Waals surface area contributed by atoms with Gasteiger partial charge in [-0.25, -0.2) is 0 Å². The highest BCUT2D eigenvalue weighted by atomic mass is 19.4. The molecule has 0 bridgehead atoms. The molecule has 0 atom stereocenters. The van der Waals surface area contributed by atoms with Crippen molar-refractivity contribution in [1.82, 2.24) is 10.1 Å². The third-order valence-electron chi connectivity index (χ3n) is 3.88. The molecule has 25 heavy (non-hydrogen) atoms. The van der Waals surface area contributed by atoms with Gasteiger partial charge in [0.25, 0.3) is 5.91 Å². The van der Waals surface area contributed by atoms with Gasteiger partial charge in [0.2, 0.25) is 5.91 Å². The van der Waals surface area contributed by atoms with E-state index in [0.29, 0.717) is 5.76 Å². The Balaban J connectivity index is 1.61. The quantitative estimate of drug-likeness (QED) is 0.921. The van der Waals surface area contributed by atoms with Crippen molar-refractivity contribution in [3.63, 3.8) is 0 Å². The highest BCUT2D eigenvalue weighted by molar-refractivity contribution is 5.98. The van der Waals surface area contributed by atoms with Gasteiger partial charge in [-0.15, -0.1) is 0 Å². The van der Waals surface area contributed by atoms with Gasteiger partial charge in [-0.05, 0) is 19.1 Å². The number of hydrogen-bond acceptors (Lipinski definition) is 4. The lowest BCUT2D eigenvalue weighted by Gasteiger charge is -2.37. The van der Waals surface area contributed by atoms with E-state index in [4.69, 9.17) is 4.52 Å². The predicted molar refractivity (Wildman–Crippen MR) is 80.7 cm³/mol. The van der Waals surface area contributed by atoms with Crippen LogP contribution in [-0.2, 0) is 11.0 Å². The second-order valence-electron chi connectivity index (χ2n) is 5.76. The smallest absolute Gasteiger partial charge is 0.361 e. The number of amides is 2. The Morgan fingerprint density at radius 2 is 1.96 bits per heavy atom. The number of likely N-dealkylation sites (tertiary alicyclic amines) is 1. The summed E-state index contributed by atoms with van der Waals surface area (Å²) in [5.41, 5.74) is -1.07. The fraction of sp³-hybridized carbons (Fsp3) is 0.312. The topological polar surface area (TPSA) is 75.4 Å². The van der Waals surface area contributed by atoms with Crippen LogP contribution in [0.1, 0.15) is 21.8 Å². The van der Waals surface area contributed by atoms with Gasteiger partial charge in [0, 0.05) is 19.2 Å². The zero-order chi connectivity index (χ0) is 18.2. The number of carbonyl (C=O) groups excluding carboxylic acids is 2. The maximum Gasteiger partial charge on any atom is 0.418 e. The largest absolute Gasteiger partial charge is 0.418 e. The molecule has 132 valence electrons. The number of nitrogens with zero attached hydrogens (tertiary/aromatic N) is 2. The van der Waals surface area contributed by atoms with E-state index in [2.05, 4.69) is 10.5 Å². The third kappa shape index (κ3) is 3.49. The first kappa shape index (κ1) is 17.0. The first-order valence-electron chi connectivity index (χ1n) is 7.45. The van der Waals surface area contributed by atoms with Crippen LogP contribution < -0.4 is 5.32 Å². The molecule has 1 aromatic carbocycles. The normalized spacial score (nSPS) is 15.0. The minimum absolute atomic E-state index is 0.116. The van der Waals surface area contributed by atoms with Crippen molar-refractivity contribution >= 4 is 17.5 Å². The number of hydrogen-bond donors (Lipinski definition) is 1. The summed E-state index contributed by atoms with van der Waals surface area (Å²) in [6.45, 7) is 1.88. The molecule has 1 aromatic heterocycles. The van der Waals surface area contributed by atoms with Crippen LogP contribution in [0.5, 0.6) is 0 Å². The first-order chi connectivity index (χ1) is 11.8. The van der Waals surface area contributed by atoms with E-state index < -0.39 is 23.6 Å². The molecule has 2 heterocycles.